The molecule has 6 unspecified atom stereocenters. The number of fused-ring (bicyclic) bond motifs is 1. The Balaban J connectivity index is 0.626. The minimum Gasteiger partial charge on any atom is -0.503 e. The minimum atomic E-state index is -5.69. The smallest absolute Gasteiger partial charge is 0.472 e. The van der Waals surface area contributed by atoms with Gasteiger partial charge in [-0.25, -0.2) is 37.2 Å². The summed E-state index contributed by atoms with van der Waals surface area (Å²) in [5.41, 5.74) is 4.83. The van der Waals surface area contributed by atoms with Gasteiger partial charge in [-0.1, -0.05) is 0 Å². The van der Waals surface area contributed by atoms with E-state index in [-0.39, 0.29) is 64.2 Å². The number of phosphoric acid groups is 6. The highest BCUT2D eigenvalue weighted by Gasteiger charge is 2.53. The van der Waals surface area contributed by atoms with Gasteiger partial charge in [0.15, 0.2) is 39.9 Å². The number of rotatable bonds is 38. The zero-order chi connectivity index (χ0) is 99.6. The third kappa shape index (κ3) is 23.3. The molecule has 15 rings (SSSR count). The van der Waals surface area contributed by atoms with Gasteiger partial charge < -0.3 is 133 Å². The summed E-state index contributed by atoms with van der Waals surface area (Å²) in [5, 5.41) is 74.7. The molecular weight excluding hydrogens is 1980 g/mol. The van der Waals surface area contributed by atoms with Crippen molar-refractivity contribution in [3.8, 4) is 28.7 Å². The van der Waals surface area contributed by atoms with E-state index in [1.807, 2.05) is 0 Å². The van der Waals surface area contributed by atoms with Crippen LogP contribution >= 0.6 is 46.9 Å². The Morgan fingerprint density at radius 3 is 0.891 bits per heavy atom. The van der Waals surface area contributed by atoms with Crippen molar-refractivity contribution in [2.75, 3.05) is 57.7 Å². The van der Waals surface area contributed by atoms with Crippen molar-refractivity contribution in [1.29, 1.82) is 0 Å². The predicted octanol–water partition coefficient (Wildman–Crippen LogP) is 1.30. The molecule has 8 aromatic rings. The molecule has 0 bridgehead atoms. The predicted molar refractivity (Wildman–Crippen MR) is 458 cm³/mol. The van der Waals surface area contributed by atoms with Crippen molar-refractivity contribution in [3.63, 3.8) is 0 Å². The lowest BCUT2D eigenvalue weighted by Gasteiger charge is -2.26. The monoisotopic (exact) mass is 2070 g/mol. The fourth-order valence-corrected chi connectivity index (χ4v) is 22.4. The zero-order valence-corrected chi connectivity index (χ0v) is 78.1. The molecule has 0 radical (unpaired) electrons. The second-order valence-corrected chi connectivity index (χ2v) is 41.1. The van der Waals surface area contributed by atoms with Gasteiger partial charge in [0.25, 0.3) is 5.56 Å². The molecule has 7 fully saturated rings. The molecule has 15 heterocycles. The molecule has 0 amide bonds. The van der Waals surface area contributed by atoms with E-state index in [0.29, 0.717) is 0 Å². The third-order valence-corrected chi connectivity index (χ3v) is 29.8. The van der Waals surface area contributed by atoms with Crippen LogP contribution in [0.3, 0.4) is 0 Å². The molecule has 0 saturated carbocycles. The molecule has 0 aromatic carbocycles. The molecule has 18 N–H and O–H groups in total. The highest BCUT2D eigenvalue weighted by atomic mass is 31.2. The van der Waals surface area contributed by atoms with Crippen molar-refractivity contribution >= 4 is 69.9 Å². The summed E-state index contributed by atoms with van der Waals surface area (Å²) in [6.45, 7) is -0.706. The number of aromatic hydroxyl groups is 5. The van der Waals surface area contributed by atoms with Crippen LogP contribution in [0.5, 0.6) is 28.7 Å². The van der Waals surface area contributed by atoms with Crippen LogP contribution in [0.4, 0.5) is 11.8 Å². The Hall–Kier alpha value is -9.12. The van der Waals surface area contributed by atoms with E-state index in [4.69, 9.17) is 98.9 Å². The number of nitrogens with two attached hydrogens (primary N) is 2. The molecule has 58 nitrogen and oxygen atoms in total. The molecule has 8 aromatic heterocycles. The van der Waals surface area contributed by atoms with Crippen LogP contribution in [-0.4, -0.2) is 249 Å². The number of aliphatic hydroxyl groups is 2. The Kier molecular flexibility index (Phi) is 30.7. The lowest BCUT2D eigenvalue weighted by atomic mass is 10.2. The number of pyridine rings is 5. The van der Waals surface area contributed by atoms with Crippen LogP contribution < -0.4 is 49.9 Å². The van der Waals surface area contributed by atoms with Gasteiger partial charge in [-0.05, 0) is 40.7 Å². The summed E-state index contributed by atoms with van der Waals surface area (Å²) in [6, 6.07) is 5.97. The van der Waals surface area contributed by atoms with Crippen molar-refractivity contribution < 1.29 is 180 Å². The van der Waals surface area contributed by atoms with Gasteiger partial charge in [0.1, 0.15) is 129 Å². The molecule has 7 saturated heterocycles. The largest absolute Gasteiger partial charge is 0.503 e. The van der Waals surface area contributed by atoms with Gasteiger partial charge in [0.2, 0.25) is 33.1 Å². The molecule has 64 heteroatoms. The van der Waals surface area contributed by atoms with Crippen LogP contribution in [0.25, 0.3) is 11.2 Å². The molecule has 756 valence electrons. The number of H-pyrrole nitrogens is 1. The van der Waals surface area contributed by atoms with E-state index in [0.717, 1.165) is 53.5 Å². The lowest BCUT2D eigenvalue weighted by molar-refractivity contribution is -0.0656. The van der Waals surface area contributed by atoms with E-state index in [2.05, 4.69) is 19.9 Å². The summed E-state index contributed by atoms with van der Waals surface area (Å²) in [6.07, 6.45) is -27.1. The Labute approximate surface area is 773 Å². The third-order valence-electron chi connectivity index (χ3n) is 23.7. The molecule has 7 aliphatic rings. The number of anilines is 2. The normalized spacial score (nSPS) is 29.9. The maximum Gasteiger partial charge on any atom is 0.472 e. The lowest BCUT2D eigenvalue weighted by Crippen LogP contribution is -2.32. The highest BCUT2D eigenvalue weighted by molar-refractivity contribution is 7.48. The minimum absolute atomic E-state index is 0.0509. The number of hydrogen-bond donors (Lipinski definition) is 16. The molecule has 138 heavy (non-hydrogen) atoms. The number of hydrogen-bond acceptors (Lipinski definition) is 44. The number of phosphoric ester groups is 6. The molecular formula is C74H95N13O45P6. The second-order valence-electron chi connectivity index (χ2n) is 32.7. The van der Waals surface area contributed by atoms with Crippen molar-refractivity contribution in [3.05, 3.63) is 180 Å². The van der Waals surface area contributed by atoms with Gasteiger partial charge >= 0.3 is 52.6 Å². The highest BCUT2D eigenvalue weighted by Crippen LogP contribution is 2.58. The molecule has 7 aliphatic heterocycles. The van der Waals surface area contributed by atoms with Crippen molar-refractivity contribution in [1.82, 2.24) is 51.9 Å². The van der Waals surface area contributed by atoms with E-state index in [9.17, 15) is 126 Å². The Morgan fingerprint density at radius 2 is 0.609 bits per heavy atom. The van der Waals surface area contributed by atoms with Crippen molar-refractivity contribution in [2.45, 2.75) is 209 Å². The first-order valence-electron chi connectivity index (χ1n) is 41.8. The SMILES string of the molecule is Cc1c(O)c(=O)ccn1[C@H]1C[C@H](OP(=O)(O)OC[C@H]2O[C@@H](n3ccc(=O)c(O)c3C)C[C@@H]2OP(=O)(O)OC[C@H]2O[C@@H](n3ccc(=O)c(O)c3C)C[C@@H]2OP(=O)(O)OC[C@H]2O[C@@H](n3ccc(N)nc3=O)C[C@@H]2O)[C@@H](COP(=O)(O)O[C@H]2C[C@H](n3ccc(=O)c(O)c3C)O[C@@H]2COP(=O)(O)O[C@H]2C[C@H](n3ccc(=O)c(O)c3C)O[C@@H]2COP(=O)(O)O[C@H]2C[C@H](n3cnc4c(=O)[nH]c(N)nc43)O[C@@H]2CO)O1. The first-order chi connectivity index (χ1) is 64.9. The first-order valence-corrected chi connectivity index (χ1v) is 50.8. The van der Waals surface area contributed by atoms with Gasteiger partial charge in [-0.2, -0.15) is 9.97 Å². The summed E-state index contributed by atoms with van der Waals surface area (Å²) in [4.78, 5) is 171. The second kappa shape index (κ2) is 41.1. The number of ether oxygens (including phenoxy) is 7. The molecule has 0 aliphatic carbocycles. The van der Waals surface area contributed by atoms with Crippen LogP contribution in [-0.2, 0) is 115 Å². The maximum atomic E-state index is 14.6. The van der Waals surface area contributed by atoms with E-state index in [1.165, 1.54) is 93.0 Å². The number of aliphatic hydroxyl groups excluding tert-OH is 2. The Morgan fingerprint density at radius 1 is 0.362 bits per heavy atom. The van der Waals surface area contributed by atoms with Gasteiger partial charge in [-0.3, -0.25) is 97.2 Å². The molecule has 0 spiro atoms. The number of aromatic amines is 1. The van der Waals surface area contributed by atoms with Gasteiger partial charge in [0.05, 0.1) is 87.1 Å². The van der Waals surface area contributed by atoms with Crippen LogP contribution in [0.1, 0.15) is 117 Å². The number of nitrogen functional groups attached to an aromatic ring is 2. The number of imidazole rings is 1. The number of nitrogens with zero attached hydrogens (tertiary/aromatic N) is 10. The van der Waals surface area contributed by atoms with Crippen molar-refractivity contribution in [2.24, 2.45) is 0 Å². The van der Waals surface area contributed by atoms with Crippen LogP contribution in [0.2, 0.25) is 0 Å². The number of nitrogens with one attached hydrogen (secondary N) is 1. The van der Waals surface area contributed by atoms with E-state index >= 15 is 0 Å². The summed E-state index contributed by atoms with van der Waals surface area (Å²) in [7, 11) is -33.3. The van der Waals surface area contributed by atoms with Gasteiger partial charge in [0, 0.05) is 112 Å². The average molecular weight is 2070 g/mol. The number of aromatic nitrogens is 11. The average Bonchev–Trinajstić information content (AvgIpc) is 1.62. The standard InChI is InChI=1S/C74H95N13O45P6/c1-33-66(95)38(89)6-12-81(33)59-20-45(128-133(102,103)114-26-51-43(94)18-58(121-51)86-17-11-57(75)78-74(86)101)53(123-59)28-116-135(106,107)130-47-22-61(83-14-8-40(91)68(97)35(83)3)125-55(47)30-118-137(110,111)132-49-24-63(85-16-10-42(93)70(99)37(85)5)126-56(49)31-119-138(112,113)131-48-23-62(84-15-9-41(92)69(98)36(84)4)124-54(48)29-117-136(108,109)129-46-21-60(82-13-7-39(90)67(96)34(82)2)122-52(46)27-115-134(104,105)127-44-19-64(120-50(44)25-88)87-32-77-65-71(87)79-73(76)80-72(65)100/h6-17,32,43-56,58-64,88,94-99H,18-31H2,1-5H3,(H,102,103)(H,104,105)(H,106,107)(H,108,109)(H,110,111)(H,112,113)(H2,75,78,101)(H3,76,79,80,100)/t43-,44-,45-,46-,47-,48-,49-,50+,51+,52+,53+,54+,55+,56+,58+,59+,60+,61+,62+,63+,64+/m0/s1. The summed E-state index contributed by atoms with van der Waals surface area (Å²) >= 11 is 0. The topological polar surface area (TPSA) is 801 Å². The summed E-state index contributed by atoms with van der Waals surface area (Å²) in [5.74, 6) is -4.21. The van der Waals surface area contributed by atoms with Crippen LogP contribution in [0.15, 0.2) is 113 Å². The fourth-order valence-electron chi connectivity index (χ4n) is 16.6. The van der Waals surface area contributed by atoms with E-state index < -0.39 is 321 Å². The Bertz CT molecular complexity index is 6670. The zero-order valence-electron chi connectivity index (χ0n) is 72.7. The maximum absolute atomic E-state index is 14.6. The van der Waals surface area contributed by atoms with E-state index in [1.54, 1.807) is 0 Å². The molecule has 27 atom stereocenters. The quantitative estimate of drug-likeness (QED) is 0.0243. The first kappa shape index (κ1) is 103. The fraction of sp³-hybridized carbons (Fsp3) is 0.541. The van der Waals surface area contributed by atoms with Crippen LogP contribution in [0, 0.1) is 34.6 Å². The van der Waals surface area contributed by atoms with Gasteiger partial charge in [-0.15, -0.1) is 0 Å². The summed E-state index contributed by atoms with van der Waals surface area (Å²) < 4.78 is 203.